The lowest BCUT2D eigenvalue weighted by molar-refractivity contribution is -0.141. The Morgan fingerprint density at radius 2 is 2.22 bits per heavy atom. The molecular weight excluding hydrogens is 252 g/mol. The van der Waals surface area contributed by atoms with Crippen molar-refractivity contribution >= 4 is 28.3 Å². The summed E-state index contributed by atoms with van der Waals surface area (Å²) in [5.74, 6) is -1.69. The molecule has 1 N–H and O–H groups in total. The molecule has 0 saturated carbocycles. The summed E-state index contributed by atoms with van der Waals surface area (Å²) in [5, 5.41) is 11.5. The van der Waals surface area contributed by atoms with Gasteiger partial charge in [0, 0.05) is 23.8 Å². The van der Waals surface area contributed by atoms with Crippen molar-refractivity contribution in [2.75, 3.05) is 11.4 Å². The maximum absolute atomic E-state index is 11.8. The molecule has 5 nitrogen and oxygen atoms in total. The predicted octanol–water partition coefficient (Wildman–Crippen LogP) is 1.88. The van der Waals surface area contributed by atoms with Crippen molar-refractivity contribution in [3.8, 4) is 0 Å². The van der Waals surface area contributed by atoms with E-state index in [4.69, 9.17) is 5.11 Å². The average Bonchev–Trinajstić information content (AvgIpc) is 2.81. The van der Waals surface area contributed by atoms with Crippen molar-refractivity contribution < 1.29 is 14.7 Å². The number of nitrogens with zero attached hydrogens (tertiary/aromatic N) is 2. The molecule has 1 atom stereocenters. The van der Waals surface area contributed by atoms with E-state index in [2.05, 4.69) is 25.8 Å². The van der Waals surface area contributed by atoms with E-state index in [1.165, 1.54) is 16.2 Å². The van der Waals surface area contributed by atoms with E-state index < -0.39 is 11.9 Å². The van der Waals surface area contributed by atoms with Crippen LogP contribution in [0.2, 0.25) is 0 Å². The molecule has 1 aromatic rings. The normalized spacial score (nSPS) is 20.5. The van der Waals surface area contributed by atoms with Crippen LogP contribution in [0.5, 0.6) is 0 Å². The summed E-state index contributed by atoms with van der Waals surface area (Å²) < 4.78 is 0. The number of hydrogen-bond donors (Lipinski definition) is 1. The molecule has 1 saturated heterocycles. The molecule has 1 aliphatic heterocycles. The molecule has 0 aromatic carbocycles. The molecule has 18 heavy (non-hydrogen) atoms. The summed E-state index contributed by atoms with van der Waals surface area (Å²) >= 11 is 1.39. The number of carbonyl (C=O) groups excluding carboxylic acids is 1. The number of rotatable bonds is 2. The molecule has 1 amide bonds. The number of hydrogen-bond acceptors (Lipinski definition) is 4. The SMILES string of the molecule is CC(C)(C)c1csc(N2CC(C(=O)O)CC2=O)n1. The molecule has 1 fully saturated rings. The highest BCUT2D eigenvalue weighted by molar-refractivity contribution is 7.14. The maximum Gasteiger partial charge on any atom is 0.308 e. The van der Waals surface area contributed by atoms with Gasteiger partial charge in [0.1, 0.15) is 0 Å². The highest BCUT2D eigenvalue weighted by Gasteiger charge is 2.36. The third-order valence-electron chi connectivity index (χ3n) is 2.97. The Bertz CT molecular complexity index is 490. The van der Waals surface area contributed by atoms with E-state index in [1.54, 1.807) is 0 Å². The van der Waals surface area contributed by atoms with Gasteiger partial charge in [-0.2, -0.15) is 0 Å². The zero-order valence-electron chi connectivity index (χ0n) is 10.6. The van der Waals surface area contributed by atoms with Crippen molar-refractivity contribution in [1.82, 2.24) is 4.98 Å². The first-order chi connectivity index (χ1) is 8.29. The summed E-state index contributed by atoms with van der Waals surface area (Å²) in [7, 11) is 0. The Morgan fingerprint density at radius 3 is 2.67 bits per heavy atom. The van der Waals surface area contributed by atoms with Crippen molar-refractivity contribution in [2.45, 2.75) is 32.6 Å². The molecule has 2 heterocycles. The first kappa shape index (κ1) is 13.0. The molecule has 2 rings (SSSR count). The summed E-state index contributed by atoms with van der Waals surface area (Å²) in [5.41, 5.74) is 0.859. The Morgan fingerprint density at radius 1 is 1.56 bits per heavy atom. The van der Waals surface area contributed by atoms with Gasteiger partial charge in [0.25, 0.3) is 0 Å². The van der Waals surface area contributed by atoms with Gasteiger partial charge in [-0.3, -0.25) is 14.5 Å². The minimum absolute atomic E-state index is 0.0658. The van der Waals surface area contributed by atoms with Gasteiger partial charge in [0.2, 0.25) is 5.91 Å². The number of amides is 1. The van der Waals surface area contributed by atoms with Gasteiger partial charge in [-0.15, -0.1) is 11.3 Å². The van der Waals surface area contributed by atoms with Crippen molar-refractivity contribution in [3.63, 3.8) is 0 Å². The lowest BCUT2D eigenvalue weighted by atomic mass is 9.93. The van der Waals surface area contributed by atoms with Crippen LogP contribution in [0.15, 0.2) is 5.38 Å². The zero-order valence-corrected chi connectivity index (χ0v) is 11.5. The number of thiazole rings is 1. The van der Waals surface area contributed by atoms with Gasteiger partial charge in [-0.05, 0) is 0 Å². The Hall–Kier alpha value is -1.43. The molecule has 0 radical (unpaired) electrons. The van der Waals surface area contributed by atoms with Gasteiger partial charge >= 0.3 is 5.97 Å². The molecule has 1 aliphatic rings. The summed E-state index contributed by atoms with van der Waals surface area (Å²) in [4.78, 5) is 28.6. The van der Waals surface area contributed by atoms with E-state index in [1.807, 2.05) is 5.38 Å². The molecule has 6 heteroatoms. The molecular formula is C12H16N2O3S. The quantitative estimate of drug-likeness (QED) is 0.889. The fraction of sp³-hybridized carbons (Fsp3) is 0.583. The Balaban J connectivity index is 2.20. The second-order valence-corrected chi connectivity index (χ2v) is 6.35. The van der Waals surface area contributed by atoms with Gasteiger partial charge in [0.15, 0.2) is 5.13 Å². The minimum Gasteiger partial charge on any atom is -0.481 e. The summed E-state index contributed by atoms with van der Waals surface area (Å²) in [6.45, 7) is 6.39. The van der Waals surface area contributed by atoms with Crippen LogP contribution in [-0.2, 0) is 15.0 Å². The van der Waals surface area contributed by atoms with Crippen molar-refractivity contribution in [3.05, 3.63) is 11.1 Å². The van der Waals surface area contributed by atoms with Gasteiger partial charge < -0.3 is 5.11 Å². The van der Waals surface area contributed by atoms with Crippen LogP contribution in [0.25, 0.3) is 0 Å². The number of carboxylic acid groups (broad SMARTS) is 1. The molecule has 0 aliphatic carbocycles. The molecule has 98 valence electrons. The monoisotopic (exact) mass is 268 g/mol. The number of carboxylic acids is 1. The predicted molar refractivity (Wildman–Crippen MR) is 68.9 cm³/mol. The van der Waals surface area contributed by atoms with Crippen LogP contribution in [0.3, 0.4) is 0 Å². The zero-order chi connectivity index (χ0) is 13.5. The second kappa shape index (κ2) is 4.35. The first-order valence-electron chi connectivity index (χ1n) is 5.78. The maximum atomic E-state index is 11.8. The van der Waals surface area contributed by atoms with Crippen LogP contribution in [0.1, 0.15) is 32.9 Å². The van der Waals surface area contributed by atoms with E-state index in [0.717, 1.165) is 5.69 Å². The Kier molecular flexibility index (Phi) is 3.14. The third kappa shape index (κ3) is 2.38. The fourth-order valence-corrected chi connectivity index (χ4v) is 2.87. The number of anilines is 1. The van der Waals surface area contributed by atoms with Crippen molar-refractivity contribution in [1.29, 1.82) is 0 Å². The minimum atomic E-state index is -0.918. The topological polar surface area (TPSA) is 70.5 Å². The second-order valence-electron chi connectivity index (χ2n) is 5.51. The highest BCUT2D eigenvalue weighted by Crippen LogP contribution is 2.32. The summed E-state index contributed by atoms with van der Waals surface area (Å²) in [6, 6.07) is 0. The first-order valence-corrected chi connectivity index (χ1v) is 6.66. The lowest BCUT2D eigenvalue weighted by Gasteiger charge is -2.15. The van der Waals surface area contributed by atoms with E-state index >= 15 is 0 Å². The molecule has 0 spiro atoms. The lowest BCUT2D eigenvalue weighted by Crippen LogP contribution is -2.26. The van der Waals surface area contributed by atoms with Gasteiger partial charge in [0.05, 0.1) is 11.6 Å². The fourth-order valence-electron chi connectivity index (χ4n) is 1.79. The van der Waals surface area contributed by atoms with E-state index in [9.17, 15) is 9.59 Å². The van der Waals surface area contributed by atoms with Crippen LogP contribution in [0.4, 0.5) is 5.13 Å². The van der Waals surface area contributed by atoms with Crippen LogP contribution < -0.4 is 4.90 Å². The molecule has 1 aromatic heterocycles. The number of aromatic nitrogens is 1. The van der Waals surface area contributed by atoms with Gasteiger partial charge in [-0.1, -0.05) is 20.8 Å². The van der Waals surface area contributed by atoms with E-state index in [0.29, 0.717) is 5.13 Å². The highest BCUT2D eigenvalue weighted by atomic mass is 32.1. The third-order valence-corrected chi connectivity index (χ3v) is 3.83. The summed E-state index contributed by atoms with van der Waals surface area (Å²) in [6.07, 6.45) is 0.0692. The standard InChI is InChI=1S/C12H16N2O3S/c1-12(2,3)8-6-18-11(13-8)14-5-7(10(16)17)4-9(14)15/h6-7H,4-5H2,1-3H3,(H,16,17). The van der Waals surface area contributed by atoms with Crippen LogP contribution >= 0.6 is 11.3 Å². The van der Waals surface area contributed by atoms with Crippen LogP contribution in [0, 0.1) is 5.92 Å². The number of carbonyl (C=O) groups is 2. The molecule has 1 unspecified atom stereocenters. The Labute approximate surface area is 109 Å². The smallest absolute Gasteiger partial charge is 0.308 e. The van der Waals surface area contributed by atoms with E-state index in [-0.39, 0.29) is 24.3 Å². The van der Waals surface area contributed by atoms with Gasteiger partial charge in [-0.25, -0.2) is 4.98 Å². The number of aliphatic carboxylic acids is 1. The largest absolute Gasteiger partial charge is 0.481 e. The van der Waals surface area contributed by atoms with Crippen molar-refractivity contribution in [2.24, 2.45) is 5.92 Å². The molecule has 0 bridgehead atoms. The van der Waals surface area contributed by atoms with Crippen LogP contribution in [-0.4, -0.2) is 28.5 Å². The average molecular weight is 268 g/mol.